The Bertz CT molecular complexity index is 694. The summed E-state index contributed by atoms with van der Waals surface area (Å²) in [4.78, 5) is 34.6. The fourth-order valence-corrected chi connectivity index (χ4v) is 3.00. The number of ether oxygens (including phenoxy) is 4. The van der Waals surface area contributed by atoms with Gasteiger partial charge < -0.3 is 24.3 Å². The van der Waals surface area contributed by atoms with E-state index >= 15 is 0 Å². The minimum Gasteiger partial charge on any atom is -0.456 e. The molecule has 1 aliphatic carbocycles. The van der Waals surface area contributed by atoms with Gasteiger partial charge in [0.2, 0.25) is 0 Å². The number of hydrogen-bond donors (Lipinski definition) is 2. The molecule has 0 bridgehead atoms. The van der Waals surface area contributed by atoms with E-state index in [-0.39, 0.29) is 11.7 Å². The molecular formula is C19H24N3O7S. The fourth-order valence-electron chi connectivity index (χ4n) is 2.84. The molecule has 0 aromatic heterocycles. The average Bonchev–Trinajstić information content (AvgIpc) is 3.18. The van der Waals surface area contributed by atoms with Crippen LogP contribution < -0.4 is 10.7 Å². The maximum absolute atomic E-state index is 11.6. The molecule has 163 valence electrons. The lowest BCUT2D eigenvalue weighted by atomic mass is 10.0. The Balaban J connectivity index is 2.08. The number of nitrogens with zero attached hydrogens (tertiary/aromatic N) is 1. The maximum Gasteiger partial charge on any atom is 0.303 e. The summed E-state index contributed by atoms with van der Waals surface area (Å²) in [6.45, 7) is 5.31. The van der Waals surface area contributed by atoms with Crippen LogP contribution in [0.3, 0.4) is 0 Å². The molecule has 30 heavy (non-hydrogen) atoms. The molecule has 0 aromatic rings. The van der Waals surface area contributed by atoms with Gasteiger partial charge in [-0.05, 0) is 44.8 Å². The summed E-state index contributed by atoms with van der Waals surface area (Å²) in [6.07, 6.45) is 3.45. The smallest absolute Gasteiger partial charge is 0.303 e. The molecule has 0 unspecified atom stereocenters. The highest BCUT2D eigenvalue weighted by atomic mass is 32.1. The SMILES string of the molecule is CC(=O)O[C@@H]1[C@@H](OC(C)=O)[C@H](OC(C)=O)CO[C@H]1NC(=S)N/N=C(\C)[C]1[CH][CH][CH][CH]1. The summed E-state index contributed by atoms with van der Waals surface area (Å²) in [5, 5.41) is 7.11. The van der Waals surface area contributed by atoms with Gasteiger partial charge in [-0.1, -0.05) is 0 Å². The Morgan fingerprint density at radius 1 is 1.00 bits per heavy atom. The van der Waals surface area contributed by atoms with Crippen LogP contribution in [-0.2, 0) is 33.3 Å². The van der Waals surface area contributed by atoms with Crippen molar-refractivity contribution >= 4 is 40.9 Å². The predicted molar refractivity (Wildman–Crippen MR) is 109 cm³/mol. The van der Waals surface area contributed by atoms with Gasteiger partial charge in [-0.2, -0.15) is 5.10 Å². The second kappa shape index (κ2) is 11.2. The highest BCUT2D eigenvalue weighted by molar-refractivity contribution is 7.80. The minimum absolute atomic E-state index is 0.0931. The lowest BCUT2D eigenvalue weighted by molar-refractivity contribution is -0.227. The van der Waals surface area contributed by atoms with Crippen LogP contribution in [0.5, 0.6) is 0 Å². The lowest BCUT2D eigenvalue weighted by Gasteiger charge is -2.40. The van der Waals surface area contributed by atoms with E-state index in [0.717, 1.165) is 5.92 Å². The molecule has 4 atom stereocenters. The molecule has 1 aliphatic heterocycles. The van der Waals surface area contributed by atoms with Crippen LogP contribution in [0, 0.1) is 31.6 Å². The summed E-state index contributed by atoms with van der Waals surface area (Å²) in [5.41, 5.74) is 3.39. The molecule has 10 nitrogen and oxygen atoms in total. The summed E-state index contributed by atoms with van der Waals surface area (Å²) < 4.78 is 21.4. The molecule has 11 heteroatoms. The highest BCUT2D eigenvalue weighted by Gasteiger charge is 2.47. The summed E-state index contributed by atoms with van der Waals surface area (Å²) in [7, 11) is 0. The Morgan fingerprint density at radius 2 is 1.57 bits per heavy atom. The normalized spacial score (nSPS) is 27.1. The Morgan fingerprint density at radius 3 is 2.13 bits per heavy atom. The van der Waals surface area contributed by atoms with E-state index in [1.54, 1.807) is 0 Å². The van der Waals surface area contributed by atoms with Gasteiger partial charge in [0, 0.05) is 32.4 Å². The lowest BCUT2D eigenvalue weighted by Crippen LogP contribution is -2.62. The fraction of sp³-hybridized carbons (Fsp3) is 0.474. The van der Waals surface area contributed by atoms with Crippen molar-refractivity contribution in [1.82, 2.24) is 10.7 Å². The van der Waals surface area contributed by atoms with Crippen molar-refractivity contribution in [2.24, 2.45) is 5.10 Å². The molecule has 1 saturated carbocycles. The first kappa shape index (κ1) is 24.0. The third-order valence-corrected chi connectivity index (χ3v) is 4.24. The van der Waals surface area contributed by atoms with Gasteiger partial charge in [0.1, 0.15) is 0 Å². The maximum atomic E-state index is 11.6. The van der Waals surface area contributed by atoms with Crippen molar-refractivity contribution in [3.8, 4) is 0 Å². The van der Waals surface area contributed by atoms with Gasteiger partial charge in [-0.3, -0.25) is 19.8 Å². The molecule has 0 amide bonds. The van der Waals surface area contributed by atoms with Crippen molar-refractivity contribution in [2.45, 2.75) is 52.2 Å². The van der Waals surface area contributed by atoms with Crippen molar-refractivity contribution < 1.29 is 33.3 Å². The summed E-state index contributed by atoms with van der Waals surface area (Å²) >= 11 is 5.23. The highest BCUT2D eigenvalue weighted by Crippen LogP contribution is 2.25. The first-order chi connectivity index (χ1) is 14.2. The number of carbonyl (C=O) groups excluding carboxylic acids is 3. The molecule has 1 heterocycles. The average molecular weight is 438 g/mol. The number of nitrogens with one attached hydrogen (secondary N) is 2. The Labute approximate surface area is 181 Å². The molecule has 0 spiro atoms. The van der Waals surface area contributed by atoms with Crippen molar-refractivity contribution in [3.05, 3.63) is 31.6 Å². The van der Waals surface area contributed by atoms with Crippen LogP contribution in [0.2, 0.25) is 0 Å². The van der Waals surface area contributed by atoms with Crippen LogP contribution in [0.4, 0.5) is 0 Å². The minimum atomic E-state index is -1.12. The number of carbonyl (C=O) groups is 3. The molecule has 1 saturated heterocycles. The zero-order valence-corrected chi connectivity index (χ0v) is 17.9. The van der Waals surface area contributed by atoms with E-state index in [4.69, 9.17) is 31.2 Å². The van der Waals surface area contributed by atoms with Crippen LogP contribution in [0.15, 0.2) is 5.10 Å². The quantitative estimate of drug-likeness (QED) is 0.198. The van der Waals surface area contributed by atoms with E-state index in [1.807, 2.05) is 32.6 Å². The zero-order chi connectivity index (χ0) is 22.3. The standard InChI is InChI=1S/C19H24N3O7S/c1-10(14-7-5-6-8-14)21-22-19(30)20-18-17(29-13(4)25)16(28-12(3)24)15(9-26-18)27-11(2)23/h5-8,15-18H,9H2,1-4H3,(H2,20,22,30)/b21-10+/t15-,16+,17-,18-/m1/s1. The molecule has 2 rings (SSSR count). The predicted octanol–water partition coefficient (Wildman–Crippen LogP) is 0.383. The van der Waals surface area contributed by atoms with Crippen molar-refractivity contribution in [1.29, 1.82) is 0 Å². The third kappa shape index (κ3) is 7.21. The van der Waals surface area contributed by atoms with E-state index < -0.39 is 42.4 Å². The molecule has 2 fully saturated rings. The number of rotatable bonds is 6. The first-order valence-corrected chi connectivity index (χ1v) is 9.54. The Kier molecular flexibility index (Phi) is 8.97. The van der Waals surface area contributed by atoms with Crippen molar-refractivity contribution in [3.63, 3.8) is 0 Å². The Hall–Kier alpha value is -2.27. The largest absolute Gasteiger partial charge is 0.456 e. The third-order valence-electron chi connectivity index (χ3n) is 4.03. The first-order valence-electron chi connectivity index (χ1n) is 9.13. The molecule has 2 N–H and O–H groups in total. The van der Waals surface area contributed by atoms with Crippen LogP contribution in [-0.4, -0.2) is 59.9 Å². The number of esters is 3. The van der Waals surface area contributed by atoms with Crippen LogP contribution in [0.1, 0.15) is 27.7 Å². The molecule has 5 radical (unpaired) electrons. The van der Waals surface area contributed by atoms with Gasteiger partial charge in [-0.15, -0.1) is 0 Å². The van der Waals surface area contributed by atoms with E-state index in [9.17, 15) is 14.4 Å². The monoisotopic (exact) mass is 438 g/mol. The molecular weight excluding hydrogens is 414 g/mol. The van der Waals surface area contributed by atoms with Gasteiger partial charge in [0.25, 0.3) is 0 Å². The van der Waals surface area contributed by atoms with Gasteiger partial charge in [0.05, 0.1) is 6.61 Å². The van der Waals surface area contributed by atoms with Gasteiger partial charge >= 0.3 is 17.9 Å². The summed E-state index contributed by atoms with van der Waals surface area (Å²) in [6, 6.07) is 0. The van der Waals surface area contributed by atoms with Crippen LogP contribution >= 0.6 is 12.2 Å². The second-order valence-electron chi connectivity index (χ2n) is 6.51. The zero-order valence-electron chi connectivity index (χ0n) is 17.0. The topological polar surface area (TPSA) is 125 Å². The van der Waals surface area contributed by atoms with Crippen molar-refractivity contribution in [2.75, 3.05) is 6.61 Å². The van der Waals surface area contributed by atoms with E-state index in [2.05, 4.69) is 15.8 Å². The number of hydrogen-bond acceptors (Lipinski definition) is 9. The molecule has 0 aromatic carbocycles. The van der Waals surface area contributed by atoms with Crippen LogP contribution in [0.25, 0.3) is 0 Å². The van der Waals surface area contributed by atoms with Gasteiger partial charge in [0.15, 0.2) is 29.7 Å². The number of thiocarbonyl (C=S) groups is 1. The van der Waals surface area contributed by atoms with E-state index in [1.165, 1.54) is 20.8 Å². The molecule has 2 aliphatic rings. The number of hydrazone groups is 1. The summed E-state index contributed by atoms with van der Waals surface area (Å²) in [5.74, 6) is -0.940. The second-order valence-corrected chi connectivity index (χ2v) is 6.91. The van der Waals surface area contributed by atoms with E-state index in [0.29, 0.717) is 5.71 Å². The van der Waals surface area contributed by atoms with Gasteiger partial charge in [-0.25, -0.2) is 0 Å².